The molecule has 0 saturated heterocycles. The van der Waals surface area contributed by atoms with E-state index < -0.39 is 6.10 Å². The van der Waals surface area contributed by atoms with Gasteiger partial charge in [0.25, 0.3) is 0 Å². The molecule has 1 rings (SSSR count). The molecule has 1 atom stereocenters. The number of likely N-dealkylation sites (N-methyl/N-ethyl adjacent to an activating group) is 1. The average molecular weight is 264 g/mol. The summed E-state index contributed by atoms with van der Waals surface area (Å²) in [5.41, 5.74) is 1.76. The lowest BCUT2D eigenvalue weighted by atomic mass is 10.0. The molecule has 4 heteroatoms. The van der Waals surface area contributed by atoms with E-state index in [0.717, 1.165) is 11.3 Å². The molecule has 0 bridgehead atoms. The van der Waals surface area contributed by atoms with Gasteiger partial charge in [-0.15, -0.1) is 0 Å². The number of aliphatic hydroxyl groups excluding tert-OH is 1. The van der Waals surface area contributed by atoms with Crippen molar-refractivity contribution >= 4 is 11.6 Å². The first-order valence-corrected chi connectivity index (χ1v) is 6.73. The van der Waals surface area contributed by atoms with Crippen molar-refractivity contribution in [3.05, 3.63) is 29.8 Å². The molecule has 0 unspecified atom stereocenters. The standard InChI is InChI=1S/C15H24N2O2/c1-5-14(18)12-8-6-7-9-13(12)17(4)10-15(19)16-11(2)3/h6-9,11,14,18H,5,10H2,1-4H3,(H,16,19)/t14-/m1/s1. The Kier molecular flexibility index (Phi) is 5.83. The first-order chi connectivity index (χ1) is 8.95. The van der Waals surface area contributed by atoms with Gasteiger partial charge in [-0.3, -0.25) is 4.79 Å². The fourth-order valence-corrected chi connectivity index (χ4v) is 2.01. The van der Waals surface area contributed by atoms with Crippen molar-refractivity contribution in [1.82, 2.24) is 5.32 Å². The Labute approximate surface area is 115 Å². The quantitative estimate of drug-likeness (QED) is 0.827. The molecule has 0 aliphatic rings. The van der Waals surface area contributed by atoms with E-state index in [0.29, 0.717) is 6.42 Å². The Hall–Kier alpha value is -1.55. The van der Waals surface area contributed by atoms with Crippen molar-refractivity contribution in [2.24, 2.45) is 0 Å². The summed E-state index contributed by atoms with van der Waals surface area (Å²) in [5, 5.41) is 12.9. The molecule has 1 aromatic rings. The second-order valence-electron chi connectivity index (χ2n) is 5.06. The molecule has 2 N–H and O–H groups in total. The van der Waals surface area contributed by atoms with E-state index in [9.17, 15) is 9.90 Å². The van der Waals surface area contributed by atoms with Crippen LogP contribution in [0.5, 0.6) is 0 Å². The number of hydrogen-bond acceptors (Lipinski definition) is 3. The number of benzene rings is 1. The number of para-hydroxylation sites is 1. The van der Waals surface area contributed by atoms with E-state index in [4.69, 9.17) is 0 Å². The van der Waals surface area contributed by atoms with Crippen LogP contribution in [0.3, 0.4) is 0 Å². The average Bonchev–Trinajstić information content (AvgIpc) is 2.36. The molecule has 0 aliphatic carbocycles. The molecule has 0 fully saturated rings. The Morgan fingerprint density at radius 2 is 2.00 bits per heavy atom. The number of carbonyl (C=O) groups is 1. The fourth-order valence-electron chi connectivity index (χ4n) is 2.01. The lowest BCUT2D eigenvalue weighted by Gasteiger charge is -2.24. The molecule has 106 valence electrons. The smallest absolute Gasteiger partial charge is 0.239 e. The number of nitrogens with one attached hydrogen (secondary N) is 1. The third-order valence-electron chi connectivity index (χ3n) is 2.92. The van der Waals surface area contributed by atoms with Gasteiger partial charge in [0.1, 0.15) is 0 Å². The number of nitrogens with zero attached hydrogens (tertiary/aromatic N) is 1. The number of rotatable bonds is 6. The van der Waals surface area contributed by atoms with Gasteiger partial charge in [0.15, 0.2) is 0 Å². The van der Waals surface area contributed by atoms with Gasteiger partial charge in [0, 0.05) is 24.3 Å². The highest BCUT2D eigenvalue weighted by molar-refractivity contribution is 5.81. The van der Waals surface area contributed by atoms with Crippen LogP contribution in [0.4, 0.5) is 5.69 Å². The van der Waals surface area contributed by atoms with Crippen LogP contribution in [0, 0.1) is 0 Å². The van der Waals surface area contributed by atoms with E-state index in [-0.39, 0.29) is 18.5 Å². The van der Waals surface area contributed by atoms with Crippen molar-refractivity contribution in [2.45, 2.75) is 39.3 Å². The number of aliphatic hydroxyl groups is 1. The van der Waals surface area contributed by atoms with E-state index in [1.807, 2.05) is 57.0 Å². The summed E-state index contributed by atoms with van der Waals surface area (Å²) in [6.45, 7) is 6.10. The van der Waals surface area contributed by atoms with Gasteiger partial charge in [-0.2, -0.15) is 0 Å². The fraction of sp³-hybridized carbons (Fsp3) is 0.533. The molecule has 0 radical (unpaired) electrons. The molecule has 1 amide bonds. The third kappa shape index (κ3) is 4.56. The van der Waals surface area contributed by atoms with E-state index >= 15 is 0 Å². The summed E-state index contributed by atoms with van der Waals surface area (Å²) in [4.78, 5) is 13.6. The van der Waals surface area contributed by atoms with Gasteiger partial charge < -0.3 is 15.3 Å². The van der Waals surface area contributed by atoms with E-state index in [2.05, 4.69) is 5.32 Å². The second kappa shape index (κ2) is 7.14. The number of carbonyl (C=O) groups excluding carboxylic acids is 1. The first kappa shape index (κ1) is 15.5. The maximum atomic E-state index is 11.8. The Bertz CT molecular complexity index is 418. The summed E-state index contributed by atoms with van der Waals surface area (Å²) in [6.07, 6.45) is 0.162. The molecule has 0 heterocycles. The predicted octanol–water partition coefficient (Wildman–Crippen LogP) is 2.09. The topological polar surface area (TPSA) is 52.6 Å². The molecule has 19 heavy (non-hydrogen) atoms. The molecular formula is C15H24N2O2. The van der Waals surface area contributed by atoms with Crippen molar-refractivity contribution in [1.29, 1.82) is 0 Å². The van der Waals surface area contributed by atoms with Gasteiger partial charge in [0.05, 0.1) is 12.6 Å². The molecule has 4 nitrogen and oxygen atoms in total. The highest BCUT2D eigenvalue weighted by Crippen LogP contribution is 2.27. The van der Waals surface area contributed by atoms with Crippen LogP contribution in [0.1, 0.15) is 38.9 Å². The van der Waals surface area contributed by atoms with Crippen LogP contribution < -0.4 is 10.2 Å². The van der Waals surface area contributed by atoms with E-state index in [1.165, 1.54) is 0 Å². The lowest BCUT2D eigenvalue weighted by Crippen LogP contribution is -2.38. The number of hydrogen-bond donors (Lipinski definition) is 2. The Morgan fingerprint density at radius 3 is 2.58 bits per heavy atom. The van der Waals surface area contributed by atoms with Gasteiger partial charge in [-0.05, 0) is 26.3 Å². The predicted molar refractivity (Wildman–Crippen MR) is 78.2 cm³/mol. The third-order valence-corrected chi connectivity index (χ3v) is 2.92. The normalized spacial score (nSPS) is 12.3. The number of anilines is 1. The minimum Gasteiger partial charge on any atom is -0.388 e. The van der Waals surface area contributed by atoms with E-state index in [1.54, 1.807) is 0 Å². The summed E-state index contributed by atoms with van der Waals surface area (Å²) < 4.78 is 0. The monoisotopic (exact) mass is 264 g/mol. The van der Waals surface area contributed by atoms with Crippen molar-refractivity contribution in [3.8, 4) is 0 Å². The minimum absolute atomic E-state index is 0.0155. The zero-order valence-corrected chi connectivity index (χ0v) is 12.2. The second-order valence-corrected chi connectivity index (χ2v) is 5.06. The maximum Gasteiger partial charge on any atom is 0.239 e. The van der Waals surface area contributed by atoms with Gasteiger partial charge in [-0.1, -0.05) is 25.1 Å². The van der Waals surface area contributed by atoms with Crippen LogP contribution in [0.25, 0.3) is 0 Å². The lowest BCUT2D eigenvalue weighted by molar-refractivity contribution is -0.120. The highest BCUT2D eigenvalue weighted by Gasteiger charge is 2.15. The minimum atomic E-state index is -0.494. The molecule has 0 aliphatic heterocycles. The summed E-state index contributed by atoms with van der Waals surface area (Å²) >= 11 is 0. The van der Waals surface area contributed by atoms with Crippen LogP contribution in [-0.4, -0.2) is 30.6 Å². The largest absolute Gasteiger partial charge is 0.388 e. The van der Waals surface area contributed by atoms with Crippen molar-refractivity contribution in [2.75, 3.05) is 18.5 Å². The summed E-state index contributed by atoms with van der Waals surface area (Å²) in [5.74, 6) is -0.0155. The molecule has 0 saturated carbocycles. The SMILES string of the molecule is CC[C@@H](O)c1ccccc1N(C)CC(=O)NC(C)C. The van der Waals surface area contributed by atoms with Crippen LogP contribution in [0.15, 0.2) is 24.3 Å². The highest BCUT2D eigenvalue weighted by atomic mass is 16.3. The van der Waals surface area contributed by atoms with Gasteiger partial charge in [0.2, 0.25) is 5.91 Å². The maximum absolute atomic E-state index is 11.8. The summed E-state index contributed by atoms with van der Waals surface area (Å²) in [7, 11) is 1.86. The van der Waals surface area contributed by atoms with Crippen LogP contribution in [0.2, 0.25) is 0 Å². The van der Waals surface area contributed by atoms with Crippen LogP contribution >= 0.6 is 0 Å². The van der Waals surface area contributed by atoms with Gasteiger partial charge >= 0.3 is 0 Å². The zero-order chi connectivity index (χ0) is 14.4. The van der Waals surface area contributed by atoms with Gasteiger partial charge in [-0.25, -0.2) is 0 Å². The van der Waals surface area contributed by atoms with Crippen LogP contribution in [-0.2, 0) is 4.79 Å². The molecule has 1 aromatic carbocycles. The number of amides is 1. The zero-order valence-electron chi connectivity index (χ0n) is 12.2. The molecule has 0 spiro atoms. The Balaban J connectivity index is 2.82. The Morgan fingerprint density at radius 1 is 1.37 bits per heavy atom. The van der Waals surface area contributed by atoms with Crippen molar-refractivity contribution < 1.29 is 9.90 Å². The molecular weight excluding hydrogens is 240 g/mol. The van der Waals surface area contributed by atoms with Crippen molar-refractivity contribution in [3.63, 3.8) is 0 Å². The molecule has 0 aromatic heterocycles. The first-order valence-electron chi connectivity index (χ1n) is 6.73. The summed E-state index contributed by atoms with van der Waals surface area (Å²) in [6, 6.07) is 7.78.